The van der Waals surface area contributed by atoms with E-state index in [0.29, 0.717) is 49.9 Å². The number of rotatable bonds is 8. The number of amides is 1. The van der Waals surface area contributed by atoms with Crippen LogP contribution in [0.15, 0.2) is 53.4 Å². The van der Waals surface area contributed by atoms with E-state index >= 15 is 0 Å². The van der Waals surface area contributed by atoms with Gasteiger partial charge in [-0.15, -0.1) is 0 Å². The van der Waals surface area contributed by atoms with E-state index in [4.69, 9.17) is 4.74 Å². The Kier molecular flexibility index (Phi) is 7.56. The molecule has 2 aromatic rings. The van der Waals surface area contributed by atoms with Crippen LogP contribution in [0.25, 0.3) is 0 Å². The molecule has 0 radical (unpaired) electrons. The number of hydrogen-bond acceptors (Lipinski definition) is 5. The van der Waals surface area contributed by atoms with E-state index in [1.165, 1.54) is 12.1 Å². The molecule has 0 bridgehead atoms. The Labute approximate surface area is 184 Å². The first-order valence-electron chi connectivity index (χ1n) is 10.5. The SMILES string of the molecule is CC(C)COc1ccc(S(=O)(=O)Nc2ccc(CC(=O)N3CCC(O)CC3)cc2)cc1. The molecule has 1 amide bonds. The van der Waals surface area contributed by atoms with Crippen molar-refractivity contribution >= 4 is 21.6 Å². The molecule has 7 nitrogen and oxygen atoms in total. The first kappa shape index (κ1) is 23.1. The zero-order valence-electron chi connectivity index (χ0n) is 18.0. The zero-order valence-corrected chi connectivity index (χ0v) is 18.8. The molecule has 0 atom stereocenters. The summed E-state index contributed by atoms with van der Waals surface area (Å²) in [5, 5.41) is 9.56. The van der Waals surface area contributed by atoms with Gasteiger partial charge in [0, 0.05) is 18.8 Å². The number of benzene rings is 2. The lowest BCUT2D eigenvalue weighted by atomic mass is 10.1. The van der Waals surface area contributed by atoms with Gasteiger partial charge < -0.3 is 14.7 Å². The minimum atomic E-state index is -3.72. The molecule has 168 valence electrons. The third kappa shape index (κ3) is 6.70. The number of ether oxygens (including phenoxy) is 1. The Morgan fingerprint density at radius 2 is 1.71 bits per heavy atom. The summed E-state index contributed by atoms with van der Waals surface area (Å²) in [6.07, 6.45) is 1.15. The smallest absolute Gasteiger partial charge is 0.261 e. The number of aliphatic hydroxyl groups excluding tert-OH is 1. The lowest BCUT2D eigenvalue weighted by molar-refractivity contribution is -0.132. The second-order valence-corrected chi connectivity index (χ2v) is 9.95. The Balaban J connectivity index is 1.57. The third-order valence-corrected chi connectivity index (χ3v) is 6.49. The van der Waals surface area contributed by atoms with Crippen LogP contribution in [0.3, 0.4) is 0 Å². The van der Waals surface area contributed by atoms with Gasteiger partial charge in [-0.25, -0.2) is 8.42 Å². The molecule has 1 aliphatic heterocycles. The molecule has 1 fully saturated rings. The third-order valence-electron chi connectivity index (χ3n) is 5.10. The molecule has 1 heterocycles. The molecule has 0 aromatic heterocycles. The monoisotopic (exact) mass is 446 g/mol. The summed E-state index contributed by atoms with van der Waals surface area (Å²) in [5.41, 5.74) is 1.24. The van der Waals surface area contributed by atoms with Gasteiger partial charge >= 0.3 is 0 Å². The van der Waals surface area contributed by atoms with Crippen LogP contribution in [-0.2, 0) is 21.2 Å². The minimum Gasteiger partial charge on any atom is -0.493 e. The number of nitrogens with zero attached hydrogens (tertiary/aromatic N) is 1. The lowest BCUT2D eigenvalue weighted by Gasteiger charge is -2.29. The van der Waals surface area contributed by atoms with Crippen LogP contribution in [0.5, 0.6) is 5.75 Å². The Morgan fingerprint density at radius 1 is 1.10 bits per heavy atom. The molecule has 8 heteroatoms. The fraction of sp³-hybridized carbons (Fsp3) is 0.435. The second kappa shape index (κ2) is 10.2. The summed E-state index contributed by atoms with van der Waals surface area (Å²) in [6, 6.07) is 13.1. The van der Waals surface area contributed by atoms with E-state index in [1.54, 1.807) is 41.3 Å². The first-order valence-corrected chi connectivity index (χ1v) is 12.0. The number of carbonyl (C=O) groups excluding carboxylic acids is 1. The number of carbonyl (C=O) groups is 1. The zero-order chi connectivity index (χ0) is 22.4. The predicted octanol–water partition coefficient (Wildman–Crippen LogP) is 3.05. The molecule has 0 unspecified atom stereocenters. The highest BCUT2D eigenvalue weighted by atomic mass is 32.2. The maximum atomic E-state index is 12.6. The van der Waals surface area contributed by atoms with Gasteiger partial charge in [-0.2, -0.15) is 0 Å². The maximum absolute atomic E-state index is 12.6. The highest BCUT2D eigenvalue weighted by Crippen LogP contribution is 2.20. The molecular weight excluding hydrogens is 416 g/mol. The number of aliphatic hydroxyl groups is 1. The summed E-state index contributed by atoms with van der Waals surface area (Å²) in [5.74, 6) is 1.03. The van der Waals surface area contributed by atoms with Crippen LogP contribution in [-0.4, -0.2) is 50.1 Å². The average Bonchev–Trinajstić information content (AvgIpc) is 2.74. The molecule has 0 saturated carbocycles. The van der Waals surface area contributed by atoms with Crippen molar-refractivity contribution in [2.45, 2.75) is 44.1 Å². The summed E-state index contributed by atoms with van der Waals surface area (Å²) in [6.45, 7) is 5.79. The summed E-state index contributed by atoms with van der Waals surface area (Å²) in [7, 11) is -3.72. The van der Waals surface area contributed by atoms with Crippen molar-refractivity contribution in [3.8, 4) is 5.75 Å². The molecule has 0 spiro atoms. The van der Waals surface area contributed by atoms with Crippen molar-refractivity contribution in [3.63, 3.8) is 0 Å². The maximum Gasteiger partial charge on any atom is 0.261 e. The van der Waals surface area contributed by atoms with E-state index in [-0.39, 0.29) is 23.3 Å². The van der Waals surface area contributed by atoms with Gasteiger partial charge in [-0.05, 0) is 60.7 Å². The van der Waals surface area contributed by atoms with E-state index in [2.05, 4.69) is 4.72 Å². The van der Waals surface area contributed by atoms with Crippen molar-refractivity contribution in [3.05, 3.63) is 54.1 Å². The van der Waals surface area contributed by atoms with Gasteiger partial charge in [0.25, 0.3) is 10.0 Å². The summed E-state index contributed by atoms with van der Waals surface area (Å²) >= 11 is 0. The predicted molar refractivity (Wildman–Crippen MR) is 120 cm³/mol. The highest BCUT2D eigenvalue weighted by molar-refractivity contribution is 7.92. The number of likely N-dealkylation sites (tertiary alicyclic amines) is 1. The van der Waals surface area contributed by atoms with Crippen molar-refractivity contribution in [1.82, 2.24) is 4.90 Å². The van der Waals surface area contributed by atoms with Gasteiger partial charge in [-0.3, -0.25) is 9.52 Å². The normalized spacial score (nSPS) is 15.2. The molecule has 2 aromatic carbocycles. The Morgan fingerprint density at radius 3 is 2.29 bits per heavy atom. The minimum absolute atomic E-state index is 0.0139. The van der Waals surface area contributed by atoms with Gasteiger partial charge in [0.1, 0.15) is 5.75 Å². The summed E-state index contributed by atoms with van der Waals surface area (Å²) in [4.78, 5) is 14.3. The fourth-order valence-electron chi connectivity index (χ4n) is 3.28. The highest BCUT2D eigenvalue weighted by Gasteiger charge is 2.21. The molecule has 3 rings (SSSR count). The number of sulfonamides is 1. The number of piperidine rings is 1. The first-order chi connectivity index (χ1) is 14.7. The van der Waals surface area contributed by atoms with Gasteiger partial charge in [-0.1, -0.05) is 26.0 Å². The van der Waals surface area contributed by atoms with E-state index < -0.39 is 10.0 Å². The standard InChI is InChI=1S/C23H30N2O5S/c1-17(2)16-30-21-7-9-22(10-8-21)31(28,29)24-19-5-3-18(4-6-19)15-23(27)25-13-11-20(26)12-14-25/h3-10,17,20,24,26H,11-16H2,1-2H3. The van der Waals surface area contributed by atoms with E-state index in [0.717, 1.165) is 5.56 Å². The number of nitrogens with one attached hydrogen (secondary N) is 1. The van der Waals surface area contributed by atoms with Crippen LogP contribution in [0.2, 0.25) is 0 Å². The van der Waals surface area contributed by atoms with Crippen LogP contribution < -0.4 is 9.46 Å². The Hall–Kier alpha value is -2.58. The van der Waals surface area contributed by atoms with Crippen LogP contribution in [0, 0.1) is 5.92 Å². The fourth-order valence-corrected chi connectivity index (χ4v) is 4.34. The van der Waals surface area contributed by atoms with Crippen LogP contribution in [0.1, 0.15) is 32.3 Å². The largest absolute Gasteiger partial charge is 0.493 e. The van der Waals surface area contributed by atoms with Gasteiger partial charge in [0.05, 0.1) is 24.0 Å². The molecule has 31 heavy (non-hydrogen) atoms. The van der Waals surface area contributed by atoms with E-state index in [1.807, 2.05) is 13.8 Å². The van der Waals surface area contributed by atoms with E-state index in [9.17, 15) is 18.3 Å². The molecular formula is C23H30N2O5S. The number of hydrogen-bond donors (Lipinski definition) is 2. The lowest BCUT2D eigenvalue weighted by Crippen LogP contribution is -2.40. The topological polar surface area (TPSA) is 95.9 Å². The average molecular weight is 447 g/mol. The summed E-state index contributed by atoms with van der Waals surface area (Å²) < 4.78 is 33.4. The van der Waals surface area contributed by atoms with Crippen LogP contribution in [0.4, 0.5) is 5.69 Å². The molecule has 1 aliphatic rings. The number of anilines is 1. The van der Waals surface area contributed by atoms with Crippen molar-refractivity contribution < 1.29 is 23.1 Å². The molecule has 2 N–H and O–H groups in total. The van der Waals surface area contributed by atoms with Gasteiger partial charge in [0.15, 0.2) is 0 Å². The molecule has 1 saturated heterocycles. The van der Waals surface area contributed by atoms with Gasteiger partial charge in [0.2, 0.25) is 5.91 Å². The Bertz CT molecular complexity index is 964. The van der Waals surface area contributed by atoms with Crippen molar-refractivity contribution in [2.75, 3.05) is 24.4 Å². The van der Waals surface area contributed by atoms with Crippen LogP contribution >= 0.6 is 0 Å². The molecule has 0 aliphatic carbocycles. The van der Waals surface area contributed by atoms with Crippen molar-refractivity contribution in [1.29, 1.82) is 0 Å². The quantitative estimate of drug-likeness (QED) is 0.650. The second-order valence-electron chi connectivity index (χ2n) is 8.27. The van der Waals surface area contributed by atoms with Crippen molar-refractivity contribution in [2.24, 2.45) is 5.92 Å².